The van der Waals surface area contributed by atoms with E-state index >= 15 is 0 Å². The predicted octanol–water partition coefficient (Wildman–Crippen LogP) is 2.04. The molecule has 0 aliphatic rings. The molecular formula is C25H41NO12. The van der Waals surface area contributed by atoms with Crippen LogP contribution in [-0.4, -0.2) is 117 Å². The molecule has 0 bridgehead atoms. The summed E-state index contributed by atoms with van der Waals surface area (Å²) in [6.45, 7) is 8.70. The Labute approximate surface area is 223 Å². The summed E-state index contributed by atoms with van der Waals surface area (Å²) in [5.74, 6) is 0.296. The molecule has 0 saturated carbocycles. The molecule has 0 saturated heterocycles. The Balaban J connectivity index is 1.70. The summed E-state index contributed by atoms with van der Waals surface area (Å²) in [6.07, 6.45) is 0.249. The van der Waals surface area contributed by atoms with Crippen molar-refractivity contribution in [3.8, 4) is 5.75 Å². The molecule has 218 valence electrons. The van der Waals surface area contributed by atoms with Gasteiger partial charge in [0.15, 0.2) is 0 Å². The Morgan fingerprint density at radius 2 is 1.00 bits per heavy atom. The molecule has 0 aliphatic heterocycles. The zero-order chi connectivity index (χ0) is 27.5. The van der Waals surface area contributed by atoms with E-state index in [1.807, 2.05) is 0 Å². The van der Waals surface area contributed by atoms with E-state index in [-0.39, 0.29) is 18.1 Å². The highest BCUT2D eigenvalue weighted by Gasteiger charge is 2.04. The van der Waals surface area contributed by atoms with Crippen LogP contribution in [0.2, 0.25) is 0 Å². The Kier molecular flexibility index (Phi) is 22.1. The number of non-ortho nitro benzene ring substituents is 1. The van der Waals surface area contributed by atoms with Gasteiger partial charge in [-0.25, -0.2) is 0 Å². The highest BCUT2D eigenvalue weighted by atomic mass is 16.6. The fraction of sp³-hybridized carbons (Fsp3) is 0.720. The fourth-order valence-electron chi connectivity index (χ4n) is 2.69. The SMILES string of the molecule is CCOC(=O)CCOCCOCCOCCOCCOCCOCCOCCOc1ccc([N+](=O)[O-])cc1. The minimum Gasteiger partial charge on any atom is -0.491 e. The number of ether oxygens (including phenoxy) is 9. The van der Waals surface area contributed by atoms with Crippen molar-refractivity contribution in [2.75, 3.05) is 106 Å². The minimum atomic E-state index is -0.455. The van der Waals surface area contributed by atoms with Gasteiger partial charge in [-0.05, 0) is 19.1 Å². The summed E-state index contributed by atoms with van der Waals surface area (Å²) in [5.41, 5.74) is 0.0237. The van der Waals surface area contributed by atoms with Crippen LogP contribution in [0.5, 0.6) is 5.75 Å². The van der Waals surface area contributed by atoms with Crippen LogP contribution in [0.3, 0.4) is 0 Å². The van der Waals surface area contributed by atoms with E-state index in [0.717, 1.165) is 0 Å². The first-order valence-corrected chi connectivity index (χ1v) is 12.7. The molecule has 0 radical (unpaired) electrons. The maximum atomic E-state index is 11.1. The average molecular weight is 548 g/mol. The quantitative estimate of drug-likeness (QED) is 0.0688. The average Bonchev–Trinajstić information content (AvgIpc) is 2.91. The maximum Gasteiger partial charge on any atom is 0.308 e. The van der Waals surface area contributed by atoms with Gasteiger partial charge in [-0.1, -0.05) is 0 Å². The van der Waals surface area contributed by atoms with Gasteiger partial charge >= 0.3 is 5.97 Å². The van der Waals surface area contributed by atoms with Crippen molar-refractivity contribution < 1.29 is 52.3 Å². The van der Waals surface area contributed by atoms with Gasteiger partial charge in [0.25, 0.3) is 5.69 Å². The molecule has 0 amide bonds. The molecule has 0 unspecified atom stereocenters. The van der Waals surface area contributed by atoms with Crippen molar-refractivity contribution in [3.63, 3.8) is 0 Å². The zero-order valence-corrected chi connectivity index (χ0v) is 22.2. The lowest BCUT2D eigenvalue weighted by atomic mass is 10.3. The lowest BCUT2D eigenvalue weighted by Gasteiger charge is -2.09. The van der Waals surface area contributed by atoms with Crippen LogP contribution >= 0.6 is 0 Å². The number of benzene rings is 1. The molecule has 1 aromatic carbocycles. The third kappa shape index (κ3) is 20.6. The molecule has 13 heteroatoms. The molecule has 0 N–H and O–H groups in total. The van der Waals surface area contributed by atoms with Crippen LogP contribution in [0.15, 0.2) is 24.3 Å². The Hall–Kier alpha value is -2.39. The van der Waals surface area contributed by atoms with Crippen molar-refractivity contribution in [3.05, 3.63) is 34.4 Å². The number of esters is 1. The van der Waals surface area contributed by atoms with Gasteiger partial charge in [-0.2, -0.15) is 0 Å². The van der Waals surface area contributed by atoms with E-state index in [9.17, 15) is 14.9 Å². The Bertz CT molecular complexity index is 704. The summed E-state index contributed by atoms with van der Waals surface area (Å²) >= 11 is 0. The third-order valence-corrected chi connectivity index (χ3v) is 4.53. The Morgan fingerprint density at radius 1 is 0.632 bits per heavy atom. The molecule has 0 fully saturated rings. The second-order valence-electron chi connectivity index (χ2n) is 7.44. The summed E-state index contributed by atoms with van der Waals surface area (Å²) in [7, 11) is 0. The lowest BCUT2D eigenvalue weighted by Crippen LogP contribution is -2.15. The molecule has 0 aromatic heterocycles. The van der Waals surface area contributed by atoms with Crippen molar-refractivity contribution >= 4 is 11.7 Å². The van der Waals surface area contributed by atoms with Crippen LogP contribution in [0.1, 0.15) is 13.3 Å². The van der Waals surface area contributed by atoms with Crippen molar-refractivity contribution in [1.82, 2.24) is 0 Å². The van der Waals surface area contributed by atoms with Crippen molar-refractivity contribution in [2.24, 2.45) is 0 Å². The highest BCUT2D eigenvalue weighted by Crippen LogP contribution is 2.17. The summed E-state index contributed by atoms with van der Waals surface area (Å²) < 4.78 is 48.0. The molecule has 1 rings (SSSR count). The Morgan fingerprint density at radius 3 is 1.37 bits per heavy atom. The van der Waals surface area contributed by atoms with Gasteiger partial charge in [0.2, 0.25) is 0 Å². The van der Waals surface area contributed by atoms with E-state index in [1.54, 1.807) is 19.1 Å². The first kappa shape index (κ1) is 33.6. The van der Waals surface area contributed by atoms with Crippen LogP contribution < -0.4 is 4.74 Å². The molecule has 0 atom stereocenters. The molecule has 0 aliphatic carbocycles. The fourth-order valence-corrected chi connectivity index (χ4v) is 2.69. The minimum absolute atomic E-state index is 0.0237. The zero-order valence-electron chi connectivity index (χ0n) is 22.2. The van der Waals surface area contributed by atoms with E-state index in [4.69, 9.17) is 42.6 Å². The summed E-state index contributed by atoms with van der Waals surface area (Å²) in [6, 6.07) is 5.89. The van der Waals surface area contributed by atoms with Gasteiger partial charge in [0, 0.05) is 12.1 Å². The number of hydrogen-bond acceptors (Lipinski definition) is 12. The van der Waals surface area contributed by atoms with Crippen molar-refractivity contribution in [1.29, 1.82) is 0 Å². The van der Waals surface area contributed by atoms with Gasteiger partial charge in [0.1, 0.15) is 12.4 Å². The summed E-state index contributed by atoms with van der Waals surface area (Å²) in [5, 5.41) is 10.6. The lowest BCUT2D eigenvalue weighted by molar-refractivity contribution is -0.384. The molecule has 1 aromatic rings. The van der Waals surface area contributed by atoms with Gasteiger partial charge < -0.3 is 42.6 Å². The topological polar surface area (TPSA) is 143 Å². The largest absolute Gasteiger partial charge is 0.491 e. The second-order valence-corrected chi connectivity index (χ2v) is 7.44. The van der Waals surface area contributed by atoms with E-state index < -0.39 is 4.92 Å². The number of nitro groups is 1. The van der Waals surface area contributed by atoms with Gasteiger partial charge in [-0.15, -0.1) is 0 Å². The molecule has 0 heterocycles. The second kappa shape index (κ2) is 24.9. The van der Waals surface area contributed by atoms with Crippen LogP contribution in [-0.2, 0) is 42.7 Å². The van der Waals surface area contributed by atoms with Crippen molar-refractivity contribution in [2.45, 2.75) is 13.3 Å². The summed E-state index contributed by atoms with van der Waals surface area (Å²) in [4.78, 5) is 21.3. The third-order valence-electron chi connectivity index (χ3n) is 4.53. The maximum absolute atomic E-state index is 11.1. The molecule has 13 nitrogen and oxygen atoms in total. The van der Waals surface area contributed by atoms with Gasteiger partial charge in [0.05, 0.1) is 110 Å². The first-order valence-electron chi connectivity index (χ1n) is 12.7. The van der Waals surface area contributed by atoms with Crippen LogP contribution in [0.25, 0.3) is 0 Å². The number of nitro benzene ring substituents is 1. The first-order chi connectivity index (χ1) is 18.6. The molecular weight excluding hydrogens is 506 g/mol. The van der Waals surface area contributed by atoms with E-state index in [0.29, 0.717) is 111 Å². The number of rotatable bonds is 27. The number of nitrogens with zero attached hydrogens (tertiary/aromatic N) is 1. The van der Waals surface area contributed by atoms with Crippen LogP contribution in [0.4, 0.5) is 5.69 Å². The standard InChI is InChI=1S/C25H41NO12/c1-2-37-25(27)7-8-30-9-10-31-11-12-32-13-14-33-15-16-34-17-18-35-19-20-36-21-22-38-24-5-3-23(4-6-24)26(28)29/h3-6H,2,7-22H2,1H3. The van der Waals surface area contributed by atoms with E-state index in [1.165, 1.54) is 12.1 Å². The van der Waals surface area contributed by atoms with Crippen LogP contribution in [0, 0.1) is 10.1 Å². The van der Waals surface area contributed by atoms with E-state index in [2.05, 4.69) is 0 Å². The highest BCUT2D eigenvalue weighted by molar-refractivity contribution is 5.69. The smallest absolute Gasteiger partial charge is 0.308 e. The number of carbonyl (C=O) groups excluding carboxylic acids is 1. The predicted molar refractivity (Wildman–Crippen MR) is 136 cm³/mol. The molecule has 38 heavy (non-hydrogen) atoms. The normalized spacial score (nSPS) is 11.0. The monoisotopic (exact) mass is 547 g/mol. The number of carbonyl (C=O) groups is 1. The molecule has 0 spiro atoms. The van der Waals surface area contributed by atoms with Gasteiger partial charge in [-0.3, -0.25) is 14.9 Å². The number of hydrogen-bond donors (Lipinski definition) is 0.